The van der Waals surface area contributed by atoms with Crippen molar-refractivity contribution in [2.75, 3.05) is 19.6 Å². The van der Waals surface area contributed by atoms with Gasteiger partial charge in [-0.1, -0.05) is 12.1 Å². The lowest BCUT2D eigenvalue weighted by atomic mass is 10.1. The average Bonchev–Trinajstić information content (AvgIpc) is 2.67. The molecule has 2 heterocycles. The molecule has 1 saturated heterocycles. The van der Waals surface area contributed by atoms with Gasteiger partial charge in [-0.3, -0.25) is 14.4 Å². The van der Waals surface area contributed by atoms with E-state index in [1.165, 1.54) is 4.57 Å². The Kier molecular flexibility index (Phi) is 5.25. The second-order valence-corrected chi connectivity index (χ2v) is 6.55. The molecule has 7 nitrogen and oxygen atoms in total. The van der Waals surface area contributed by atoms with Gasteiger partial charge >= 0.3 is 0 Å². The number of amides is 2. The van der Waals surface area contributed by atoms with Gasteiger partial charge in [-0.2, -0.15) is 0 Å². The maximum Gasteiger partial charge on any atom is 0.267 e. The Bertz CT molecular complexity index is 898. The number of nitrogens with one attached hydrogen (secondary N) is 1. The summed E-state index contributed by atoms with van der Waals surface area (Å²) in [6, 6.07) is 6.84. The van der Waals surface area contributed by atoms with Gasteiger partial charge in [0.25, 0.3) is 11.5 Å². The van der Waals surface area contributed by atoms with E-state index >= 15 is 0 Å². The Labute approximate surface area is 151 Å². The SMILES string of the molecule is Cn1c(=O)c(C(=O)NCCC(=O)N2CCCCC2)c(O)c2ccccc21. The molecule has 0 saturated carbocycles. The van der Waals surface area contributed by atoms with Crippen molar-refractivity contribution >= 4 is 22.7 Å². The topological polar surface area (TPSA) is 91.6 Å². The Morgan fingerprint density at radius 2 is 1.85 bits per heavy atom. The van der Waals surface area contributed by atoms with E-state index in [9.17, 15) is 19.5 Å². The highest BCUT2D eigenvalue weighted by atomic mass is 16.3. The summed E-state index contributed by atoms with van der Waals surface area (Å²) < 4.78 is 1.34. The molecule has 2 amide bonds. The molecule has 1 aromatic heterocycles. The van der Waals surface area contributed by atoms with Crippen LogP contribution < -0.4 is 10.9 Å². The summed E-state index contributed by atoms with van der Waals surface area (Å²) in [6.45, 7) is 1.65. The molecule has 0 spiro atoms. The van der Waals surface area contributed by atoms with Crippen LogP contribution in [0.3, 0.4) is 0 Å². The van der Waals surface area contributed by atoms with Crippen molar-refractivity contribution in [1.29, 1.82) is 0 Å². The van der Waals surface area contributed by atoms with Crippen LogP contribution in [0.2, 0.25) is 0 Å². The predicted octanol–water partition coefficient (Wildman–Crippen LogP) is 1.38. The first kappa shape index (κ1) is 18.0. The van der Waals surface area contributed by atoms with Gasteiger partial charge in [0.15, 0.2) is 0 Å². The van der Waals surface area contributed by atoms with Gasteiger partial charge in [0.1, 0.15) is 11.3 Å². The van der Waals surface area contributed by atoms with E-state index in [0.29, 0.717) is 10.9 Å². The molecule has 0 unspecified atom stereocenters. The number of pyridine rings is 1. The second kappa shape index (κ2) is 7.59. The van der Waals surface area contributed by atoms with Crippen molar-refractivity contribution in [3.8, 4) is 5.75 Å². The molecule has 0 radical (unpaired) electrons. The Balaban J connectivity index is 1.72. The third kappa shape index (κ3) is 3.42. The van der Waals surface area contributed by atoms with Gasteiger partial charge in [-0.25, -0.2) is 0 Å². The van der Waals surface area contributed by atoms with Crippen molar-refractivity contribution in [1.82, 2.24) is 14.8 Å². The molecule has 2 N–H and O–H groups in total. The number of nitrogens with zero attached hydrogens (tertiary/aromatic N) is 2. The molecule has 0 bridgehead atoms. The Morgan fingerprint density at radius 3 is 2.58 bits per heavy atom. The summed E-state index contributed by atoms with van der Waals surface area (Å²) >= 11 is 0. The number of hydrogen-bond acceptors (Lipinski definition) is 4. The first-order valence-electron chi connectivity index (χ1n) is 8.87. The lowest BCUT2D eigenvalue weighted by Crippen LogP contribution is -2.38. The smallest absolute Gasteiger partial charge is 0.267 e. The van der Waals surface area contributed by atoms with Crippen LogP contribution in [-0.4, -0.2) is 46.0 Å². The molecule has 0 atom stereocenters. The zero-order valence-corrected chi connectivity index (χ0v) is 14.8. The van der Waals surface area contributed by atoms with Crippen molar-refractivity contribution in [3.05, 3.63) is 40.2 Å². The molecule has 1 fully saturated rings. The number of benzene rings is 1. The molecule has 1 aliphatic rings. The minimum atomic E-state index is -0.666. The van der Waals surface area contributed by atoms with Crippen molar-refractivity contribution in [2.24, 2.45) is 7.05 Å². The number of fused-ring (bicyclic) bond motifs is 1. The molecule has 3 rings (SSSR count). The number of rotatable bonds is 4. The van der Waals surface area contributed by atoms with Crippen LogP contribution in [0.5, 0.6) is 5.75 Å². The van der Waals surface area contributed by atoms with E-state index in [1.54, 1.807) is 31.3 Å². The summed E-state index contributed by atoms with van der Waals surface area (Å²) in [4.78, 5) is 38.8. The summed E-state index contributed by atoms with van der Waals surface area (Å²) in [5.74, 6) is -0.996. The van der Waals surface area contributed by atoms with Crippen molar-refractivity contribution < 1.29 is 14.7 Å². The molecule has 26 heavy (non-hydrogen) atoms. The monoisotopic (exact) mass is 357 g/mol. The predicted molar refractivity (Wildman–Crippen MR) is 98.2 cm³/mol. The van der Waals surface area contributed by atoms with E-state index in [1.807, 2.05) is 4.90 Å². The van der Waals surface area contributed by atoms with Crippen molar-refractivity contribution in [3.63, 3.8) is 0 Å². The van der Waals surface area contributed by atoms with Crippen LogP contribution in [0.15, 0.2) is 29.1 Å². The lowest BCUT2D eigenvalue weighted by Gasteiger charge is -2.26. The van der Waals surface area contributed by atoms with Crippen LogP contribution in [0.25, 0.3) is 10.9 Å². The molecular weight excluding hydrogens is 334 g/mol. The number of aromatic nitrogens is 1. The number of aromatic hydroxyl groups is 1. The average molecular weight is 357 g/mol. The summed E-state index contributed by atoms with van der Waals surface area (Å²) in [5.41, 5.74) is -0.315. The normalized spacial score (nSPS) is 14.4. The highest BCUT2D eigenvalue weighted by Gasteiger charge is 2.21. The van der Waals surface area contributed by atoms with Gasteiger partial charge in [-0.05, 0) is 31.4 Å². The summed E-state index contributed by atoms with van der Waals surface area (Å²) in [6.07, 6.45) is 3.35. The minimum Gasteiger partial charge on any atom is -0.506 e. The lowest BCUT2D eigenvalue weighted by molar-refractivity contribution is -0.131. The first-order chi connectivity index (χ1) is 12.5. The van der Waals surface area contributed by atoms with Crippen LogP contribution >= 0.6 is 0 Å². The highest BCUT2D eigenvalue weighted by Crippen LogP contribution is 2.25. The standard InChI is InChI=1S/C19H23N3O4/c1-21-14-8-4-3-7-13(14)17(24)16(19(21)26)18(25)20-10-9-15(23)22-11-5-2-6-12-22/h3-4,7-8,24H,2,5-6,9-12H2,1H3,(H,20,25). The van der Waals surface area contributed by atoms with Gasteiger partial charge in [0.05, 0.1) is 5.52 Å². The fourth-order valence-corrected chi connectivity index (χ4v) is 3.36. The number of piperidine rings is 1. The number of likely N-dealkylation sites (tertiary alicyclic amines) is 1. The third-order valence-electron chi connectivity index (χ3n) is 4.84. The van der Waals surface area contributed by atoms with E-state index in [4.69, 9.17) is 0 Å². The fraction of sp³-hybridized carbons (Fsp3) is 0.421. The van der Waals surface area contributed by atoms with E-state index in [-0.39, 0.29) is 30.2 Å². The molecule has 138 valence electrons. The van der Waals surface area contributed by atoms with E-state index < -0.39 is 11.5 Å². The fourth-order valence-electron chi connectivity index (χ4n) is 3.36. The first-order valence-corrected chi connectivity index (χ1v) is 8.87. The van der Waals surface area contributed by atoms with E-state index in [0.717, 1.165) is 32.4 Å². The number of hydrogen-bond donors (Lipinski definition) is 2. The van der Waals surface area contributed by atoms with Crippen LogP contribution in [0.4, 0.5) is 0 Å². The maximum atomic E-state index is 12.5. The quantitative estimate of drug-likeness (QED) is 0.865. The van der Waals surface area contributed by atoms with Gasteiger partial charge in [0.2, 0.25) is 5.91 Å². The van der Waals surface area contributed by atoms with Crippen LogP contribution in [-0.2, 0) is 11.8 Å². The number of aryl methyl sites for hydroxylation is 1. The number of para-hydroxylation sites is 1. The molecule has 0 aliphatic carbocycles. The number of carbonyl (C=O) groups is 2. The maximum absolute atomic E-state index is 12.5. The van der Waals surface area contributed by atoms with E-state index in [2.05, 4.69) is 5.32 Å². The largest absolute Gasteiger partial charge is 0.506 e. The number of carbonyl (C=O) groups excluding carboxylic acids is 2. The second-order valence-electron chi connectivity index (χ2n) is 6.55. The zero-order valence-electron chi connectivity index (χ0n) is 14.8. The van der Waals surface area contributed by atoms with Gasteiger partial charge in [-0.15, -0.1) is 0 Å². The van der Waals surface area contributed by atoms with Gasteiger partial charge < -0.3 is 19.9 Å². The van der Waals surface area contributed by atoms with Gasteiger partial charge in [0, 0.05) is 38.5 Å². The van der Waals surface area contributed by atoms with Crippen molar-refractivity contribution in [2.45, 2.75) is 25.7 Å². The highest BCUT2D eigenvalue weighted by molar-refractivity contribution is 6.02. The zero-order chi connectivity index (χ0) is 18.7. The molecular formula is C19H23N3O4. The third-order valence-corrected chi connectivity index (χ3v) is 4.84. The minimum absolute atomic E-state index is 0.000589. The Hall–Kier alpha value is -2.83. The summed E-state index contributed by atoms with van der Waals surface area (Å²) in [5, 5.41) is 13.4. The Morgan fingerprint density at radius 1 is 1.15 bits per heavy atom. The summed E-state index contributed by atoms with van der Waals surface area (Å²) in [7, 11) is 1.56. The van der Waals surface area contributed by atoms with Crippen LogP contribution in [0, 0.1) is 0 Å². The molecule has 7 heteroatoms. The molecule has 1 aromatic carbocycles. The molecule has 1 aliphatic heterocycles. The van der Waals surface area contributed by atoms with Crippen LogP contribution in [0.1, 0.15) is 36.0 Å². The molecule has 2 aromatic rings.